The highest BCUT2D eigenvalue weighted by Gasteiger charge is 2.18. The molecule has 24 heavy (non-hydrogen) atoms. The van der Waals surface area contributed by atoms with E-state index >= 15 is 0 Å². The van der Waals surface area contributed by atoms with Crippen LogP contribution in [0.15, 0.2) is 60.7 Å². The van der Waals surface area contributed by atoms with Crippen molar-refractivity contribution >= 4 is 0 Å². The van der Waals surface area contributed by atoms with Gasteiger partial charge in [0.2, 0.25) is 0 Å². The molecule has 1 aliphatic rings. The van der Waals surface area contributed by atoms with Gasteiger partial charge in [0.05, 0.1) is 19.3 Å². The van der Waals surface area contributed by atoms with Crippen molar-refractivity contribution in [1.29, 1.82) is 0 Å². The maximum absolute atomic E-state index is 10.2. The van der Waals surface area contributed by atoms with E-state index in [2.05, 4.69) is 53.4 Å². The number of β-amino-alcohol motifs (C(OH)–C–C–N with tert-alkyl or cyclic N) is 1. The van der Waals surface area contributed by atoms with Gasteiger partial charge in [-0.2, -0.15) is 0 Å². The predicted octanol–water partition coefficient (Wildman–Crippen LogP) is 3.29. The van der Waals surface area contributed by atoms with Gasteiger partial charge in [-0.15, -0.1) is 0 Å². The van der Waals surface area contributed by atoms with Gasteiger partial charge in [0.15, 0.2) is 0 Å². The van der Waals surface area contributed by atoms with Crippen LogP contribution < -0.4 is 0 Å². The monoisotopic (exact) mass is 325 g/mol. The minimum Gasteiger partial charge on any atom is -0.389 e. The summed E-state index contributed by atoms with van der Waals surface area (Å²) in [5, 5.41) is 10.2. The lowest BCUT2D eigenvalue weighted by molar-refractivity contribution is 0.0180. The van der Waals surface area contributed by atoms with Gasteiger partial charge in [0.25, 0.3) is 0 Å². The first-order valence-corrected chi connectivity index (χ1v) is 8.91. The van der Waals surface area contributed by atoms with Gasteiger partial charge in [0, 0.05) is 12.5 Å². The van der Waals surface area contributed by atoms with Crippen LogP contribution in [0.2, 0.25) is 0 Å². The lowest BCUT2D eigenvalue weighted by atomic mass is 9.92. The fraction of sp³-hybridized carbons (Fsp3) is 0.429. The van der Waals surface area contributed by atoms with Crippen molar-refractivity contribution in [3.8, 4) is 0 Å². The zero-order valence-corrected chi connectivity index (χ0v) is 14.2. The Morgan fingerprint density at radius 3 is 1.92 bits per heavy atom. The molecule has 2 aromatic rings. The van der Waals surface area contributed by atoms with Gasteiger partial charge in [-0.05, 0) is 37.1 Å². The summed E-state index contributed by atoms with van der Waals surface area (Å²) >= 11 is 0. The number of hydrogen-bond acceptors (Lipinski definition) is 3. The van der Waals surface area contributed by atoms with Crippen molar-refractivity contribution in [3.05, 3.63) is 71.8 Å². The van der Waals surface area contributed by atoms with Crippen molar-refractivity contribution in [2.45, 2.75) is 24.9 Å². The van der Waals surface area contributed by atoms with E-state index in [4.69, 9.17) is 4.74 Å². The average molecular weight is 325 g/mol. The minimum absolute atomic E-state index is 0.200. The number of nitrogens with zero attached hydrogens (tertiary/aromatic N) is 1. The number of ether oxygens (including phenoxy) is 1. The molecule has 1 heterocycles. The first-order valence-electron chi connectivity index (χ1n) is 8.91. The number of hydrogen-bond donors (Lipinski definition) is 1. The Morgan fingerprint density at radius 2 is 1.38 bits per heavy atom. The van der Waals surface area contributed by atoms with E-state index in [-0.39, 0.29) is 5.92 Å². The maximum atomic E-state index is 10.2. The number of aliphatic hydroxyl groups is 1. The normalized spacial score (nSPS) is 16.6. The molecule has 1 saturated heterocycles. The summed E-state index contributed by atoms with van der Waals surface area (Å²) in [7, 11) is 0. The molecule has 0 radical (unpaired) electrons. The molecule has 3 heteroatoms. The minimum atomic E-state index is -0.407. The molecular formula is C21H27NO2. The van der Waals surface area contributed by atoms with Crippen LogP contribution >= 0.6 is 0 Å². The van der Waals surface area contributed by atoms with E-state index in [1.54, 1.807) is 0 Å². The third-order valence-corrected chi connectivity index (χ3v) is 4.67. The SMILES string of the molecule is O[C@H](COCC(c1ccccc1)c1ccccc1)CN1CCCC1. The molecule has 0 spiro atoms. The van der Waals surface area contributed by atoms with E-state index in [9.17, 15) is 5.11 Å². The molecule has 0 aromatic heterocycles. The summed E-state index contributed by atoms with van der Waals surface area (Å²) in [5.74, 6) is 0.200. The van der Waals surface area contributed by atoms with Crippen LogP contribution in [-0.4, -0.2) is 49.0 Å². The van der Waals surface area contributed by atoms with Crippen molar-refractivity contribution in [2.24, 2.45) is 0 Å². The first kappa shape index (κ1) is 17.2. The van der Waals surface area contributed by atoms with Crippen molar-refractivity contribution in [2.75, 3.05) is 32.8 Å². The molecule has 3 nitrogen and oxygen atoms in total. The molecule has 3 rings (SSSR count). The quantitative estimate of drug-likeness (QED) is 0.808. The van der Waals surface area contributed by atoms with Gasteiger partial charge in [-0.1, -0.05) is 60.7 Å². The van der Waals surface area contributed by atoms with E-state index in [0.717, 1.165) is 19.6 Å². The molecule has 2 aromatic carbocycles. The standard InChI is InChI=1S/C21H27NO2/c23-20(15-22-13-7-8-14-22)16-24-17-21(18-9-3-1-4-10-18)19-11-5-2-6-12-19/h1-6,9-12,20-21,23H,7-8,13-17H2/t20-/m0/s1. The molecule has 0 amide bonds. The zero-order chi connectivity index (χ0) is 16.6. The fourth-order valence-electron chi connectivity index (χ4n) is 3.39. The maximum Gasteiger partial charge on any atom is 0.0900 e. The van der Waals surface area contributed by atoms with Gasteiger partial charge in [0.1, 0.15) is 0 Å². The van der Waals surface area contributed by atoms with Crippen LogP contribution in [0.3, 0.4) is 0 Å². The Bertz CT molecular complexity index is 542. The summed E-state index contributed by atoms with van der Waals surface area (Å²) in [4.78, 5) is 2.32. The molecule has 0 bridgehead atoms. The molecule has 1 atom stereocenters. The van der Waals surface area contributed by atoms with E-state index < -0.39 is 6.10 Å². The summed E-state index contributed by atoms with van der Waals surface area (Å²) in [6, 6.07) is 20.9. The number of rotatable bonds is 8. The Balaban J connectivity index is 1.56. The summed E-state index contributed by atoms with van der Waals surface area (Å²) in [6.45, 7) is 3.92. The summed E-state index contributed by atoms with van der Waals surface area (Å²) in [6.07, 6.45) is 2.09. The van der Waals surface area contributed by atoms with Crippen molar-refractivity contribution in [1.82, 2.24) is 4.90 Å². The molecule has 0 saturated carbocycles. The second-order valence-electron chi connectivity index (χ2n) is 6.57. The van der Waals surface area contributed by atoms with Crippen LogP contribution in [0.1, 0.15) is 29.9 Å². The molecule has 1 aliphatic heterocycles. The zero-order valence-electron chi connectivity index (χ0n) is 14.2. The molecule has 0 unspecified atom stereocenters. The van der Waals surface area contributed by atoms with Crippen LogP contribution in [-0.2, 0) is 4.74 Å². The third kappa shape index (κ3) is 4.91. The molecule has 1 fully saturated rings. The van der Waals surface area contributed by atoms with E-state index in [1.807, 2.05) is 12.1 Å². The van der Waals surface area contributed by atoms with Crippen LogP contribution in [0.5, 0.6) is 0 Å². The van der Waals surface area contributed by atoms with E-state index in [0.29, 0.717) is 13.2 Å². The first-order chi connectivity index (χ1) is 11.8. The lowest BCUT2D eigenvalue weighted by Crippen LogP contribution is -2.33. The topological polar surface area (TPSA) is 32.7 Å². The Morgan fingerprint density at radius 1 is 0.833 bits per heavy atom. The highest BCUT2D eigenvalue weighted by molar-refractivity contribution is 5.32. The van der Waals surface area contributed by atoms with Crippen LogP contribution in [0, 0.1) is 0 Å². The largest absolute Gasteiger partial charge is 0.389 e. The Kier molecular flexibility index (Phi) is 6.41. The highest BCUT2D eigenvalue weighted by Crippen LogP contribution is 2.24. The van der Waals surface area contributed by atoms with Crippen LogP contribution in [0.4, 0.5) is 0 Å². The van der Waals surface area contributed by atoms with Gasteiger partial charge >= 0.3 is 0 Å². The summed E-state index contributed by atoms with van der Waals surface area (Å²) < 4.78 is 5.90. The molecular weight excluding hydrogens is 298 g/mol. The van der Waals surface area contributed by atoms with Gasteiger partial charge in [-0.25, -0.2) is 0 Å². The smallest absolute Gasteiger partial charge is 0.0900 e. The van der Waals surface area contributed by atoms with Gasteiger partial charge < -0.3 is 14.7 Å². The average Bonchev–Trinajstić information content (AvgIpc) is 3.13. The lowest BCUT2D eigenvalue weighted by Gasteiger charge is -2.22. The van der Waals surface area contributed by atoms with E-state index in [1.165, 1.54) is 24.0 Å². The molecule has 1 N–H and O–H groups in total. The predicted molar refractivity (Wildman–Crippen MR) is 97.2 cm³/mol. The summed E-state index contributed by atoms with van der Waals surface area (Å²) in [5.41, 5.74) is 2.50. The highest BCUT2D eigenvalue weighted by atomic mass is 16.5. The Hall–Kier alpha value is -1.68. The second-order valence-corrected chi connectivity index (χ2v) is 6.57. The molecule has 128 valence electrons. The second kappa shape index (κ2) is 8.97. The fourth-order valence-corrected chi connectivity index (χ4v) is 3.39. The van der Waals surface area contributed by atoms with Gasteiger partial charge in [-0.3, -0.25) is 0 Å². The number of aliphatic hydroxyl groups excluding tert-OH is 1. The van der Waals surface area contributed by atoms with Crippen LogP contribution in [0.25, 0.3) is 0 Å². The molecule has 0 aliphatic carbocycles. The Labute approximate surface area is 144 Å². The number of likely N-dealkylation sites (tertiary alicyclic amines) is 1. The van der Waals surface area contributed by atoms with Crippen molar-refractivity contribution in [3.63, 3.8) is 0 Å². The number of benzene rings is 2. The third-order valence-electron chi connectivity index (χ3n) is 4.67. The van der Waals surface area contributed by atoms with Crippen molar-refractivity contribution < 1.29 is 9.84 Å².